The molecule has 21 heavy (non-hydrogen) atoms. The number of carboxylic acids is 1. The third-order valence-corrected chi connectivity index (χ3v) is 2.94. The maximum atomic E-state index is 12.2. The van der Waals surface area contributed by atoms with Gasteiger partial charge in [0.15, 0.2) is 0 Å². The minimum atomic E-state index is -1.08. The monoisotopic (exact) mass is 293 g/mol. The van der Waals surface area contributed by atoms with E-state index in [1.807, 2.05) is 0 Å². The number of hydrogen-bond donors (Lipinski definition) is 3. The molecular weight excluding hydrogens is 274 g/mol. The lowest BCUT2D eigenvalue weighted by Crippen LogP contribution is -2.45. The molecule has 0 saturated heterocycles. The molecule has 0 spiro atoms. The van der Waals surface area contributed by atoms with Crippen LogP contribution >= 0.6 is 0 Å². The largest absolute Gasteiger partial charge is 0.478 e. The fraction of sp³-hybridized carbons (Fsp3) is 0.357. The second kappa shape index (κ2) is 6.74. The summed E-state index contributed by atoms with van der Waals surface area (Å²) in [6.45, 7) is 5.04. The average Bonchev–Trinajstić information content (AvgIpc) is 2.37. The summed E-state index contributed by atoms with van der Waals surface area (Å²) in [5, 5.41) is 11.6. The van der Waals surface area contributed by atoms with Crippen LogP contribution < -0.4 is 11.1 Å². The molecule has 0 unspecified atom stereocenters. The lowest BCUT2D eigenvalue weighted by atomic mass is 10.1. The van der Waals surface area contributed by atoms with Gasteiger partial charge in [0.05, 0.1) is 5.56 Å². The zero-order valence-corrected chi connectivity index (χ0v) is 12.2. The Labute approximate surface area is 122 Å². The fourth-order valence-electron chi connectivity index (χ4n) is 1.73. The van der Waals surface area contributed by atoms with Gasteiger partial charge in [0, 0.05) is 11.7 Å². The number of carbonyl (C=O) groups excluding carboxylic acids is 2. The molecule has 0 aliphatic carbocycles. The van der Waals surface area contributed by atoms with Crippen LogP contribution in [0.2, 0.25) is 0 Å². The minimum Gasteiger partial charge on any atom is -0.478 e. The first-order valence-electron chi connectivity index (χ1n) is 6.42. The van der Waals surface area contributed by atoms with E-state index in [4.69, 9.17) is 10.8 Å². The maximum absolute atomic E-state index is 12.2. The number of primary amides is 1. The van der Waals surface area contributed by atoms with Crippen molar-refractivity contribution in [3.05, 3.63) is 29.3 Å². The minimum absolute atomic E-state index is 0.0712. The molecule has 7 heteroatoms. The summed E-state index contributed by atoms with van der Waals surface area (Å²) in [6, 6.07) is 3.71. The van der Waals surface area contributed by atoms with E-state index in [1.165, 1.54) is 17.0 Å². The van der Waals surface area contributed by atoms with Gasteiger partial charge in [-0.2, -0.15) is 0 Å². The molecule has 1 aromatic rings. The SMILES string of the molecule is Cc1ccc(C(=O)O)cc1NC(=O)N(CC(N)=O)C(C)C. The topological polar surface area (TPSA) is 113 Å². The van der Waals surface area contributed by atoms with Gasteiger partial charge in [0.2, 0.25) is 5.91 Å². The lowest BCUT2D eigenvalue weighted by molar-refractivity contribution is -0.118. The molecule has 0 saturated carbocycles. The van der Waals surface area contributed by atoms with Gasteiger partial charge in [0.25, 0.3) is 0 Å². The highest BCUT2D eigenvalue weighted by Gasteiger charge is 2.20. The van der Waals surface area contributed by atoms with Crippen LogP contribution in [-0.4, -0.2) is 40.5 Å². The zero-order chi connectivity index (χ0) is 16.2. The molecule has 0 atom stereocenters. The molecule has 0 aliphatic rings. The first-order chi connectivity index (χ1) is 9.72. The van der Waals surface area contributed by atoms with Crippen LogP contribution in [0.1, 0.15) is 29.8 Å². The highest BCUT2D eigenvalue weighted by atomic mass is 16.4. The Morgan fingerprint density at radius 1 is 1.33 bits per heavy atom. The van der Waals surface area contributed by atoms with Gasteiger partial charge in [-0.15, -0.1) is 0 Å². The average molecular weight is 293 g/mol. The Morgan fingerprint density at radius 2 is 1.95 bits per heavy atom. The van der Waals surface area contributed by atoms with Crippen molar-refractivity contribution in [2.75, 3.05) is 11.9 Å². The van der Waals surface area contributed by atoms with Crippen molar-refractivity contribution in [3.8, 4) is 0 Å². The van der Waals surface area contributed by atoms with Gasteiger partial charge in [-0.3, -0.25) is 4.79 Å². The number of aromatic carboxylic acids is 1. The van der Waals surface area contributed by atoms with Crippen molar-refractivity contribution in [2.24, 2.45) is 5.73 Å². The maximum Gasteiger partial charge on any atom is 0.335 e. The third-order valence-electron chi connectivity index (χ3n) is 2.94. The number of carbonyl (C=O) groups is 3. The molecule has 4 N–H and O–H groups in total. The number of amides is 3. The van der Waals surface area contributed by atoms with Crippen LogP contribution in [0, 0.1) is 6.92 Å². The van der Waals surface area contributed by atoms with Crippen LogP contribution in [0.5, 0.6) is 0 Å². The van der Waals surface area contributed by atoms with E-state index >= 15 is 0 Å². The molecule has 0 radical (unpaired) electrons. The van der Waals surface area contributed by atoms with E-state index in [2.05, 4.69) is 5.32 Å². The molecule has 0 aromatic heterocycles. The molecule has 0 heterocycles. The lowest BCUT2D eigenvalue weighted by Gasteiger charge is -2.26. The van der Waals surface area contributed by atoms with Crippen LogP contribution in [0.4, 0.5) is 10.5 Å². The Hall–Kier alpha value is -2.57. The van der Waals surface area contributed by atoms with Gasteiger partial charge in [-0.25, -0.2) is 9.59 Å². The number of anilines is 1. The zero-order valence-electron chi connectivity index (χ0n) is 12.2. The van der Waals surface area contributed by atoms with Crippen molar-refractivity contribution in [1.82, 2.24) is 4.90 Å². The number of carboxylic acid groups (broad SMARTS) is 1. The van der Waals surface area contributed by atoms with Crippen LogP contribution in [0.15, 0.2) is 18.2 Å². The number of hydrogen-bond acceptors (Lipinski definition) is 3. The molecule has 3 amide bonds. The summed E-state index contributed by atoms with van der Waals surface area (Å²) in [5.74, 6) is -1.70. The predicted octanol–water partition coefficient (Wildman–Crippen LogP) is 1.42. The van der Waals surface area contributed by atoms with Crippen molar-refractivity contribution < 1.29 is 19.5 Å². The molecule has 7 nitrogen and oxygen atoms in total. The highest BCUT2D eigenvalue weighted by molar-refractivity contribution is 5.95. The van der Waals surface area contributed by atoms with Gasteiger partial charge in [-0.05, 0) is 38.5 Å². The molecule has 0 bridgehead atoms. The Balaban J connectivity index is 2.97. The standard InChI is InChI=1S/C14H19N3O4/c1-8(2)17(7-12(15)18)14(21)16-11-6-10(13(19)20)5-4-9(11)3/h4-6,8H,7H2,1-3H3,(H2,15,18)(H,16,21)(H,19,20). The number of aryl methyl sites for hydroxylation is 1. The molecule has 1 aromatic carbocycles. The summed E-state index contributed by atoms with van der Waals surface area (Å²) in [6.07, 6.45) is 0. The number of benzene rings is 1. The number of nitrogens with one attached hydrogen (secondary N) is 1. The van der Waals surface area contributed by atoms with E-state index in [1.54, 1.807) is 26.8 Å². The molecule has 1 rings (SSSR count). The Kier molecular flexibility index (Phi) is 5.29. The second-order valence-corrected chi connectivity index (χ2v) is 4.95. The van der Waals surface area contributed by atoms with Gasteiger partial charge in [-0.1, -0.05) is 6.07 Å². The van der Waals surface area contributed by atoms with Crippen LogP contribution in [-0.2, 0) is 4.79 Å². The second-order valence-electron chi connectivity index (χ2n) is 4.95. The van der Waals surface area contributed by atoms with Gasteiger partial charge in [0.1, 0.15) is 6.54 Å². The van der Waals surface area contributed by atoms with Crippen molar-refractivity contribution in [3.63, 3.8) is 0 Å². The summed E-state index contributed by atoms with van der Waals surface area (Å²) in [4.78, 5) is 35.4. The normalized spacial score (nSPS) is 10.3. The summed E-state index contributed by atoms with van der Waals surface area (Å²) in [7, 11) is 0. The van der Waals surface area contributed by atoms with Gasteiger partial charge < -0.3 is 21.1 Å². The first-order valence-corrected chi connectivity index (χ1v) is 6.42. The van der Waals surface area contributed by atoms with E-state index in [0.717, 1.165) is 5.56 Å². The Morgan fingerprint density at radius 3 is 2.43 bits per heavy atom. The van der Waals surface area contributed by atoms with Crippen molar-refractivity contribution >= 4 is 23.6 Å². The molecule has 0 aliphatic heterocycles. The van der Waals surface area contributed by atoms with E-state index in [-0.39, 0.29) is 18.2 Å². The quantitative estimate of drug-likeness (QED) is 0.762. The molecule has 114 valence electrons. The smallest absolute Gasteiger partial charge is 0.335 e. The summed E-state index contributed by atoms with van der Waals surface area (Å²) < 4.78 is 0. The van der Waals surface area contributed by atoms with E-state index in [0.29, 0.717) is 5.69 Å². The first kappa shape index (κ1) is 16.5. The molecule has 0 fully saturated rings. The third kappa shape index (κ3) is 4.48. The van der Waals surface area contributed by atoms with Gasteiger partial charge >= 0.3 is 12.0 Å². The summed E-state index contributed by atoms with van der Waals surface area (Å²) in [5.41, 5.74) is 6.29. The Bertz CT molecular complexity index is 569. The van der Waals surface area contributed by atoms with Crippen LogP contribution in [0.3, 0.4) is 0 Å². The van der Waals surface area contributed by atoms with Crippen LogP contribution in [0.25, 0.3) is 0 Å². The van der Waals surface area contributed by atoms with Crippen molar-refractivity contribution in [2.45, 2.75) is 26.8 Å². The van der Waals surface area contributed by atoms with Crippen molar-refractivity contribution in [1.29, 1.82) is 0 Å². The van der Waals surface area contributed by atoms with E-state index in [9.17, 15) is 14.4 Å². The highest BCUT2D eigenvalue weighted by Crippen LogP contribution is 2.18. The van der Waals surface area contributed by atoms with E-state index < -0.39 is 17.9 Å². The number of nitrogens with two attached hydrogens (primary N) is 1. The number of urea groups is 1. The molecular formula is C14H19N3O4. The predicted molar refractivity (Wildman–Crippen MR) is 78.2 cm³/mol. The summed E-state index contributed by atoms with van der Waals surface area (Å²) >= 11 is 0. The fourth-order valence-corrected chi connectivity index (χ4v) is 1.73. The number of rotatable bonds is 5. The number of nitrogens with zero attached hydrogens (tertiary/aromatic N) is 1.